The minimum atomic E-state index is -3.64. The Kier molecular flexibility index (Phi) is 3.92. The van der Waals surface area contributed by atoms with Crippen LogP contribution in [0.4, 0.5) is 5.69 Å². The van der Waals surface area contributed by atoms with Crippen LogP contribution in [0.3, 0.4) is 0 Å². The van der Waals surface area contributed by atoms with Crippen LogP contribution in [-0.2, 0) is 17.1 Å². The van der Waals surface area contributed by atoms with Crippen molar-refractivity contribution in [2.75, 3.05) is 4.72 Å². The van der Waals surface area contributed by atoms with Crippen molar-refractivity contribution in [2.24, 2.45) is 7.05 Å². The summed E-state index contributed by atoms with van der Waals surface area (Å²) in [4.78, 5) is 0.235. The van der Waals surface area contributed by atoms with Crippen LogP contribution in [0.2, 0.25) is 0 Å². The number of aromatic nitrogens is 2. The van der Waals surface area contributed by atoms with E-state index in [9.17, 15) is 8.42 Å². The molecule has 1 N–H and O–H groups in total. The maximum atomic E-state index is 12.6. The molecule has 5 nitrogen and oxygen atoms in total. The topological polar surface area (TPSA) is 64.0 Å². The number of nitrogens with zero attached hydrogens (tertiary/aromatic N) is 2. The molecule has 0 spiro atoms. The normalized spacial score (nSPS) is 11.4. The van der Waals surface area contributed by atoms with Gasteiger partial charge in [0.25, 0.3) is 10.0 Å². The molecule has 0 aliphatic heterocycles. The summed E-state index contributed by atoms with van der Waals surface area (Å²) in [5.41, 5.74) is 2.98. The summed E-state index contributed by atoms with van der Waals surface area (Å²) < 4.78 is 29.5. The van der Waals surface area contributed by atoms with Crippen LogP contribution < -0.4 is 4.72 Å². The second-order valence-corrected chi connectivity index (χ2v) is 7.02. The smallest absolute Gasteiger partial charge is 0.261 e. The molecule has 0 saturated carbocycles. The van der Waals surface area contributed by atoms with Crippen LogP contribution in [0.1, 0.15) is 5.56 Å². The lowest BCUT2D eigenvalue weighted by atomic mass is 10.1. The zero-order chi connectivity index (χ0) is 16.4. The van der Waals surface area contributed by atoms with Crippen LogP contribution in [0, 0.1) is 6.92 Å². The van der Waals surface area contributed by atoms with Crippen molar-refractivity contribution < 1.29 is 8.42 Å². The third-order valence-corrected chi connectivity index (χ3v) is 4.87. The number of anilines is 1. The predicted molar refractivity (Wildman–Crippen MR) is 90.6 cm³/mol. The molecule has 3 rings (SSSR count). The number of benzene rings is 2. The molecule has 1 aromatic heterocycles. The molecule has 0 bridgehead atoms. The summed E-state index contributed by atoms with van der Waals surface area (Å²) in [7, 11) is -1.82. The lowest BCUT2D eigenvalue weighted by molar-refractivity contribution is 0.601. The van der Waals surface area contributed by atoms with Gasteiger partial charge in [0, 0.05) is 18.8 Å². The lowest BCUT2D eigenvalue weighted by Gasteiger charge is -2.11. The van der Waals surface area contributed by atoms with Gasteiger partial charge in [0.05, 0.1) is 16.3 Å². The fourth-order valence-electron chi connectivity index (χ4n) is 2.28. The van der Waals surface area contributed by atoms with Gasteiger partial charge in [-0.2, -0.15) is 5.10 Å². The first-order valence-corrected chi connectivity index (χ1v) is 8.62. The highest BCUT2D eigenvalue weighted by molar-refractivity contribution is 7.92. The summed E-state index contributed by atoms with van der Waals surface area (Å²) in [6, 6.07) is 15.8. The second-order valence-electron chi connectivity index (χ2n) is 5.34. The molecule has 0 fully saturated rings. The van der Waals surface area contributed by atoms with Gasteiger partial charge in [0.15, 0.2) is 0 Å². The third kappa shape index (κ3) is 3.27. The largest absolute Gasteiger partial charge is 0.279 e. The standard InChI is InChI=1S/C17H17N3O2S/c1-13-7-9-14(10-8-13)23(21,22)19-17-6-4-3-5-15(17)16-11-12-20(2)18-16/h3-12,19H,1-2H3. The summed E-state index contributed by atoms with van der Waals surface area (Å²) in [5.74, 6) is 0. The molecule has 0 saturated heterocycles. The van der Waals surface area contributed by atoms with Crippen molar-refractivity contribution in [2.45, 2.75) is 11.8 Å². The Morgan fingerprint density at radius 1 is 1.00 bits per heavy atom. The highest BCUT2D eigenvalue weighted by atomic mass is 32.2. The number of hydrogen-bond donors (Lipinski definition) is 1. The van der Waals surface area contributed by atoms with Crippen molar-refractivity contribution in [3.63, 3.8) is 0 Å². The summed E-state index contributed by atoms with van der Waals surface area (Å²) >= 11 is 0. The Morgan fingerprint density at radius 3 is 2.35 bits per heavy atom. The van der Waals surface area contributed by atoms with E-state index in [1.165, 1.54) is 0 Å². The van der Waals surface area contributed by atoms with Crippen molar-refractivity contribution in [3.05, 3.63) is 66.4 Å². The third-order valence-electron chi connectivity index (χ3n) is 3.49. The zero-order valence-corrected chi connectivity index (χ0v) is 13.7. The van der Waals surface area contributed by atoms with Gasteiger partial charge in [0.2, 0.25) is 0 Å². The Balaban J connectivity index is 1.98. The molecule has 118 valence electrons. The first kappa shape index (κ1) is 15.3. The molecule has 0 unspecified atom stereocenters. The molecule has 0 aliphatic carbocycles. The molecule has 2 aromatic carbocycles. The van der Waals surface area contributed by atoms with Crippen molar-refractivity contribution >= 4 is 15.7 Å². The van der Waals surface area contributed by atoms with Crippen molar-refractivity contribution in [1.29, 1.82) is 0 Å². The van der Waals surface area contributed by atoms with E-state index in [4.69, 9.17) is 0 Å². The zero-order valence-electron chi connectivity index (χ0n) is 12.9. The number of rotatable bonds is 4. The molecule has 1 heterocycles. The minimum absolute atomic E-state index is 0.235. The van der Waals surface area contributed by atoms with E-state index in [1.807, 2.05) is 38.4 Å². The molecule has 0 atom stereocenters. The number of sulfonamides is 1. The molecular weight excluding hydrogens is 310 g/mol. The van der Waals surface area contributed by atoms with E-state index in [0.717, 1.165) is 16.8 Å². The van der Waals surface area contributed by atoms with Crippen LogP contribution >= 0.6 is 0 Å². The number of nitrogens with one attached hydrogen (secondary N) is 1. The summed E-state index contributed by atoms with van der Waals surface area (Å²) in [6.07, 6.45) is 1.82. The van der Waals surface area contributed by atoms with E-state index >= 15 is 0 Å². The van der Waals surface area contributed by atoms with Gasteiger partial charge < -0.3 is 0 Å². The molecule has 0 aliphatic rings. The Hall–Kier alpha value is -2.60. The van der Waals surface area contributed by atoms with Gasteiger partial charge in [-0.15, -0.1) is 0 Å². The lowest BCUT2D eigenvalue weighted by Crippen LogP contribution is -2.13. The molecule has 0 amide bonds. The SMILES string of the molecule is Cc1ccc(S(=O)(=O)Nc2ccccc2-c2ccn(C)n2)cc1. The van der Waals surface area contributed by atoms with E-state index in [0.29, 0.717) is 5.69 Å². The van der Waals surface area contributed by atoms with Gasteiger partial charge in [-0.25, -0.2) is 8.42 Å². The van der Waals surface area contributed by atoms with Gasteiger partial charge in [-0.1, -0.05) is 35.9 Å². The first-order chi connectivity index (χ1) is 11.0. The van der Waals surface area contributed by atoms with E-state index in [-0.39, 0.29) is 4.90 Å². The molecule has 3 aromatic rings. The minimum Gasteiger partial charge on any atom is -0.279 e. The fourth-order valence-corrected chi connectivity index (χ4v) is 3.36. The van der Waals surface area contributed by atoms with E-state index in [2.05, 4.69) is 9.82 Å². The highest BCUT2D eigenvalue weighted by Crippen LogP contribution is 2.28. The average Bonchev–Trinajstić information content (AvgIpc) is 2.94. The van der Waals surface area contributed by atoms with Crippen LogP contribution in [0.5, 0.6) is 0 Å². The molecular formula is C17H17N3O2S. The van der Waals surface area contributed by atoms with E-state index < -0.39 is 10.0 Å². The number of aryl methyl sites for hydroxylation is 2. The molecule has 6 heteroatoms. The first-order valence-electron chi connectivity index (χ1n) is 7.14. The van der Waals surface area contributed by atoms with E-state index in [1.54, 1.807) is 41.1 Å². The van der Waals surface area contributed by atoms with Crippen LogP contribution in [0.25, 0.3) is 11.3 Å². The van der Waals surface area contributed by atoms with Crippen molar-refractivity contribution in [1.82, 2.24) is 9.78 Å². The molecule has 23 heavy (non-hydrogen) atoms. The Morgan fingerprint density at radius 2 is 1.70 bits per heavy atom. The number of para-hydroxylation sites is 1. The molecule has 0 radical (unpaired) electrons. The Labute approximate surface area is 135 Å². The fraction of sp³-hybridized carbons (Fsp3) is 0.118. The maximum Gasteiger partial charge on any atom is 0.261 e. The highest BCUT2D eigenvalue weighted by Gasteiger charge is 2.17. The van der Waals surface area contributed by atoms with Gasteiger partial charge in [-0.05, 0) is 31.2 Å². The Bertz CT molecular complexity index is 928. The second kappa shape index (κ2) is 5.89. The van der Waals surface area contributed by atoms with Crippen LogP contribution in [0.15, 0.2) is 65.7 Å². The van der Waals surface area contributed by atoms with Gasteiger partial charge >= 0.3 is 0 Å². The van der Waals surface area contributed by atoms with Crippen LogP contribution in [-0.4, -0.2) is 18.2 Å². The maximum absolute atomic E-state index is 12.6. The monoisotopic (exact) mass is 327 g/mol. The summed E-state index contributed by atoms with van der Waals surface area (Å²) in [6.45, 7) is 1.92. The quantitative estimate of drug-likeness (QED) is 0.800. The van der Waals surface area contributed by atoms with Crippen molar-refractivity contribution in [3.8, 4) is 11.3 Å². The van der Waals surface area contributed by atoms with Gasteiger partial charge in [-0.3, -0.25) is 9.40 Å². The number of hydrogen-bond acceptors (Lipinski definition) is 3. The summed E-state index contributed by atoms with van der Waals surface area (Å²) in [5, 5.41) is 4.34. The average molecular weight is 327 g/mol. The predicted octanol–water partition coefficient (Wildman–Crippen LogP) is 3.20. The van der Waals surface area contributed by atoms with Gasteiger partial charge in [0.1, 0.15) is 0 Å².